The lowest BCUT2D eigenvalue weighted by molar-refractivity contribution is 0.346. The van der Waals surface area contributed by atoms with Gasteiger partial charge in [0, 0.05) is 12.5 Å². The molecule has 18 heavy (non-hydrogen) atoms. The third-order valence-electron chi connectivity index (χ3n) is 3.95. The highest BCUT2D eigenvalue weighted by molar-refractivity contribution is 5.32. The molecule has 1 N–H and O–H groups in total. The van der Waals surface area contributed by atoms with Crippen molar-refractivity contribution in [1.29, 1.82) is 0 Å². The Bertz CT molecular complexity index is 391. The van der Waals surface area contributed by atoms with Crippen LogP contribution in [0.4, 0.5) is 0 Å². The molecule has 0 bridgehead atoms. The van der Waals surface area contributed by atoms with E-state index in [2.05, 4.69) is 42.4 Å². The minimum atomic E-state index is 0.621. The van der Waals surface area contributed by atoms with Crippen LogP contribution in [-0.4, -0.2) is 12.6 Å². The smallest absolute Gasteiger partial charge is 0.0102 e. The summed E-state index contributed by atoms with van der Waals surface area (Å²) in [6.45, 7) is 3.24. The quantitative estimate of drug-likeness (QED) is 0.596. The number of unbranched alkanes of at least 4 members (excludes halogenated alkanes) is 1. The molecule has 0 aliphatic heterocycles. The van der Waals surface area contributed by atoms with Crippen molar-refractivity contribution in [3.05, 3.63) is 35.4 Å². The van der Waals surface area contributed by atoms with Gasteiger partial charge in [0.15, 0.2) is 0 Å². The van der Waals surface area contributed by atoms with E-state index in [4.69, 9.17) is 6.42 Å². The highest BCUT2D eigenvalue weighted by atomic mass is 14.9. The Kier molecular flexibility index (Phi) is 4.84. The predicted molar refractivity (Wildman–Crippen MR) is 77.5 cm³/mol. The first-order valence-corrected chi connectivity index (χ1v) is 7.08. The molecule has 1 atom stereocenters. The normalized spacial score (nSPS) is 16.2. The predicted octanol–water partition coefficient (Wildman–Crippen LogP) is 3.18. The Labute approximate surface area is 111 Å². The van der Waals surface area contributed by atoms with Crippen LogP contribution in [0.2, 0.25) is 0 Å². The zero-order chi connectivity index (χ0) is 12.8. The molecule has 1 aliphatic carbocycles. The van der Waals surface area contributed by atoms with Crippen molar-refractivity contribution in [2.45, 2.75) is 45.1 Å². The Balaban J connectivity index is 1.95. The SMILES string of the molecule is C#CCCCC(NCC)C1Cc2ccccc2C1. The van der Waals surface area contributed by atoms with E-state index >= 15 is 0 Å². The van der Waals surface area contributed by atoms with Gasteiger partial charge in [-0.15, -0.1) is 12.3 Å². The van der Waals surface area contributed by atoms with Crippen LogP contribution in [0.1, 0.15) is 37.3 Å². The molecule has 0 amide bonds. The molecule has 96 valence electrons. The average molecular weight is 241 g/mol. The first-order chi connectivity index (χ1) is 8.85. The van der Waals surface area contributed by atoms with Gasteiger partial charge in [-0.2, -0.15) is 0 Å². The maximum atomic E-state index is 5.34. The van der Waals surface area contributed by atoms with Crippen molar-refractivity contribution < 1.29 is 0 Å². The van der Waals surface area contributed by atoms with E-state index in [1.165, 1.54) is 19.3 Å². The van der Waals surface area contributed by atoms with Gasteiger partial charge in [0.2, 0.25) is 0 Å². The molecule has 0 aromatic heterocycles. The van der Waals surface area contributed by atoms with Crippen molar-refractivity contribution in [2.24, 2.45) is 5.92 Å². The largest absolute Gasteiger partial charge is 0.314 e. The maximum absolute atomic E-state index is 5.34. The summed E-state index contributed by atoms with van der Waals surface area (Å²) in [6.07, 6.45) is 11.0. The molecule has 0 saturated heterocycles. The molecular weight excluding hydrogens is 218 g/mol. The zero-order valence-corrected chi connectivity index (χ0v) is 11.3. The number of terminal acetylenes is 1. The number of rotatable bonds is 6. The molecule has 0 spiro atoms. The lowest BCUT2D eigenvalue weighted by atomic mass is 9.92. The molecule has 0 saturated carbocycles. The summed E-state index contributed by atoms with van der Waals surface area (Å²) in [7, 11) is 0. The van der Waals surface area contributed by atoms with Crippen LogP contribution in [0.5, 0.6) is 0 Å². The van der Waals surface area contributed by atoms with E-state index in [1.54, 1.807) is 11.1 Å². The monoisotopic (exact) mass is 241 g/mol. The maximum Gasteiger partial charge on any atom is 0.0102 e. The van der Waals surface area contributed by atoms with Gasteiger partial charge in [-0.25, -0.2) is 0 Å². The molecular formula is C17H23N. The average Bonchev–Trinajstić information content (AvgIpc) is 2.81. The van der Waals surface area contributed by atoms with Crippen molar-refractivity contribution in [1.82, 2.24) is 5.32 Å². The fourth-order valence-corrected chi connectivity index (χ4v) is 3.07. The van der Waals surface area contributed by atoms with Crippen LogP contribution in [-0.2, 0) is 12.8 Å². The number of hydrogen-bond donors (Lipinski definition) is 1. The summed E-state index contributed by atoms with van der Waals surface area (Å²) < 4.78 is 0. The molecule has 1 heteroatoms. The lowest BCUT2D eigenvalue weighted by Crippen LogP contribution is -2.36. The Hall–Kier alpha value is -1.26. The van der Waals surface area contributed by atoms with Crippen LogP contribution >= 0.6 is 0 Å². The summed E-state index contributed by atoms with van der Waals surface area (Å²) in [6, 6.07) is 9.49. The first kappa shape index (κ1) is 13.2. The van der Waals surface area contributed by atoms with Crippen LogP contribution in [0.15, 0.2) is 24.3 Å². The van der Waals surface area contributed by atoms with Crippen molar-refractivity contribution in [3.63, 3.8) is 0 Å². The summed E-state index contributed by atoms with van der Waals surface area (Å²) in [4.78, 5) is 0. The van der Waals surface area contributed by atoms with Crippen molar-refractivity contribution in [2.75, 3.05) is 6.54 Å². The standard InChI is InChI=1S/C17H23N/c1-3-5-6-11-17(18-4-2)16-12-14-9-7-8-10-15(14)13-16/h1,7-10,16-18H,4-6,11-13H2,2H3. The second kappa shape index (κ2) is 6.61. The Morgan fingerprint density at radius 1 is 1.33 bits per heavy atom. The number of benzene rings is 1. The number of fused-ring (bicyclic) bond motifs is 1. The summed E-state index contributed by atoms with van der Waals surface area (Å²) in [5.41, 5.74) is 3.09. The number of nitrogens with one attached hydrogen (secondary N) is 1. The molecule has 1 unspecified atom stereocenters. The van der Waals surface area contributed by atoms with Gasteiger partial charge in [0.05, 0.1) is 0 Å². The third kappa shape index (κ3) is 3.15. The highest BCUT2D eigenvalue weighted by Crippen LogP contribution is 2.30. The summed E-state index contributed by atoms with van der Waals surface area (Å²) >= 11 is 0. The molecule has 1 aromatic carbocycles. The van der Waals surface area contributed by atoms with E-state index in [1.807, 2.05) is 0 Å². The summed E-state index contributed by atoms with van der Waals surface area (Å²) in [5, 5.41) is 3.65. The lowest BCUT2D eigenvalue weighted by Gasteiger charge is -2.24. The van der Waals surface area contributed by atoms with Crippen LogP contribution in [0.3, 0.4) is 0 Å². The minimum Gasteiger partial charge on any atom is -0.314 e. The second-order valence-corrected chi connectivity index (χ2v) is 5.20. The van der Waals surface area contributed by atoms with Gasteiger partial charge < -0.3 is 5.32 Å². The van der Waals surface area contributed by atoms with Gasteiger partial charge in [-0.3, -0.25) is 0 Å². The zero-order valence-electron chi connectivity index (χ0n) is 11.3. The molecule has 1 nitrogen and oxygen atoms in total. The van der Waals surface area contributed by atoms with Crippen molar-refractivity contribution in [3.8, 4) is 12.3 Å². The first-order valence-electron chi connectivity index (χ1n) is 7.08. The fourth-order valence-electron chi connectivity index (χ4n) is 3.07. The third-order valence-corrected chi connectivity index (χ3v) is 3.95. The van der Waals surface area contributed by atoms with Gasteiger partial charge in [-0.1, -0.05) is 31.2 Å². The molecule has 0 radical (unpaired) electrons. The molecule has 0 fully saturated rings. The van der Waals surface area contributed by atoms with E-state index in [-0.39, 0.29) is 0 Å². The molecule has 1 aromatic rings. The van der Waals surface area contributed by atoms with Crippen LogP contribution < -0.4 is 5.32 Å². The van der Waals surface area contributed by atoms with E-state index in [9.17, 15) is 0 Å². The topological polar surface area (TPSA) is 12.0 Å². The van der Waals surface area contributed by atoms with E-state index in [0.717, 1.165) is 25.3 Å². The van der Waals surface area contributed by atoms with Crippen LogP contribution in [0.25, 0.3) is 0 Å². The van der Waals surface area contributed by atoms with Crippen molar-refractivity contribution >= 4 is 0 Å². The van der Waals surface area contributed by atoms with Crippen LogP contribution in [0, 0.1) is 18.3 Å². The van der Waals surface area contributed by atoms with E-state index in [0.29, 0.717) is 6.04 Å². The fraction of sp³-hybridized carbons (Fsp3) is 0.529. The Morgan fingerprint density at radius 3 is 2.56 bits per heavy atom. The molecule has 2 rings (SSSR count). The Morgan fingerprint density at radius 2 is 2.00 bits per heavy atom. The molecule has 0 heterocycles. The van der Waals surface area contributed by atoms with Gasteiger partial charge in [0.1, 0.15) is 0 Å². The second-order valence-electron chi connectivity index (χ2n) is 5.20. The highest BCUT2D eigenvalue weighted by Gasteiger charge is 2.27. The van der Waals surface area contributed by atoms with Gasteiger partial charge in [-0.05, 0) is 49.3 Å². The van der Waals surface area contributed by atoms with E-state index < -0.39 is 0 Å². The van der Waals surface area contributed by atoms with Gasteiger partial charge in [0.25, 0.3) is 0 Å². The number of hydrogen-bond acceptors (Lipinski definition) is 1. The van der Waals surface area contributed by atoms with Gasteiger partial charge >= 0.3 is 0 Å². The minimum absolute atomic E-state index is 0.621. The molecule has 1 aliphatic rings. The summed E-state index contributed by atoms with van der Waals surface area (Å²) in [5.74, 6) is 3.50.